The minimum atomic E-state index is -0.264. The number of halogens is 1. The third kappa shape index (κ3) is 3.65. The fourth-order valence-electron chi connectivity index (χ4n) is 2.66. The van der Waals surface area contributed by atoms with E-state index in [1.54, 1.807) is 12.3 Å². The van der Waals surface area contributed by atoms with Crippen molar-refractivity contribution in [2.24, 2.45) is 5.92 Å². The van der Waals surface area contributed by atoms with E-state index in [1.807, 2.05) is 38.1 Å². The van der Waals surface area contributed by atoms with Crippen LogP contribution in [0.3, 0.4) is 0 Å². The Morgan fingerprint density at radius 1 is 1.12 bits per heavy atom. The van der Waals surface area contributed by atoms with Gasteiger partial charge in [0.05, 0.1) is 5.69 Å². The van der Waals surface area contributed by atoms with E-state index in [2.05, 4.69) is 34.0 Å². The summed E-state index contributed by atoms with van der Waals surface area (Å²) in [5.74, 6) is 0.649. The molecule has 0 fully saturated rings. The standard InChI is InChI=1S/C20H21FN4/c1-12(2)5-8-17-19(15-7-6-13(3)11-16(15)21)14(4)23-20(24-17)18-9-10-22-25-18/h5-12H,1-4H3,(H,22,25). The molecule has 0 aliphatic carbocycles. The molecule has 4 nitrogen and oxygen atoms in total. The maximum atomic E-state index is 14.6. The fraction of sp³-hybridized carbons (Fsp3) is 0.250. The van der Waals surface area contributed by atoms with Gasteiger partial charge in [0.1, 0.15) is 11.5 Å². The molecule has 128 valence electrons. The number of H-pyrrole nitrogens is 1. The van der Waals surface area contributed by atoms with Gasteiger partial charge in [-0.2, -0.15) is 5.10 Å². The molecule has 0 bridgehead atoms. The number of hydrogen-bond donors (Lipinski definition) is 1. The lowest BCUT2D eigenvalue weighted by atomic mass is 9.99. The number of rotatable bonds is 4. The lowest BCUT2D eigenvalue weighted by molar-refractivity contribution is 0.629. The van der Waals surface area contributed by atoms with Crippen LogP contribution in [0.15, 0.2) is 36.5 Å². The average Bonchev–Trinajstić information content (AvgIpc) is 3.08. The Kier molecular flexibility index (Phi) is 4.74. The number of benzene rings is 1. The molecule has 0 saturated carbocycles. The monoisotopic (exact) mass is 336 g/mol. The molecule has 0 radical (unpaired) electrons. The van der Waals surface area contributed by atoms with E-state index < -0.39 is 0 Å². The highest BCUT2D eigenvalue weighted by Gasteiger charge is 2.16. The number of aromatic amines is 1. The molecule has 3 aromatic rings. The van der Waals surface area contributed by atoms with Gasteiger partial charge in [0, 0.05) is 23.0 Å². The van der Waals surface area contributed by atoms with Gasteiger partial charge in [-0.15, -0.1) is 0 Å². The van der Waals surface area contributed by atoms with Gasteiger partial charge >= 0.3 is 0 Å². The number of nitrogens with zero attached hydrogens (tertiary/aromatic N) is 3. The number of allylic oxidation sites excluding steroid dienone is 1. The quantitative estimate of drug-likeness (QED) is 0.732. The van der Waals surface area contributed by atoms with Gasteiger partial charge in [0.15, 0.2) is 5.82 Å². The summed E-state index contributed by atoms with van der Waals surface area (Å²) in [5.41, 5.74) is 4.28. The molecule has 0 atom stereocenters. The molecule has 0 saturated heterocycles. The molecule has 0 unspecified atom stereocenters. The maximum Gasteiger partial charge on any atom is 0.178 e. The van der Waals surface area contributed by atoms with Gasteiger partial charge < -0.3 is 0 Å². The van der Waals surface area contributed by atoms with Crippen LogP contribution in [-0.2, 0) is 0 Å². The molecule has 0 amide bonds. The van der Waals surface area contributed by atoms with E-state index in [0.29, 0.717) is 23.0 Å². The Labute approximate surface area is 146 Å². The SMILES string of the molecule is Cc1ccc(-c2c(C)nc(-c3ccn[nH]3)nc2C=CC(C)C)c(F)c1. The van der Waals surface area contributed by atoms with Crippen molar-refractivity contribution in [2.45, 2.75) is 27.7 Å². The van der Waals surface area contributed by atoms with Crippen LogP contribution in [0.5, 0.6) is 0 Å². The van der Waals surface area contributed by atoms with Crippen molar-refractivity contribution >= 4 is 6.08 Å². The second kappa shape index (κ2) is 6.97. The van der Waals surface area contributed by atoms with Crippen molar-refractivity contribution in [2.75, 3.05) is 0 Å². The van der Waals surface area contributed by atoms with E-state index in [4.69, 9.17) is 0 Å². The van der Waals surface area contributed by atoms with E-state index in [0.717, 1.165) is 22.5 Å². The normalized spacial score (nSPS) is 11.6. The van der Waals surface area contributed by atoms with Crippen molar-refractivity contribution in [1.82, 2.24) is 20.2 Å². The summed E-state index contributed by atoms with van der Waals surface area (Å²) in [6, 6.07) is 7.04. The maximum absolute atomic E-state index is 14.6. The highest BCUT2D eigenvalue weighted by molar-refractivity contribution is 5.77. The van der Waals surface area contributed by atoms with Crippen LogP contribution in [0.1, 0.15) is 30.8 Å². The molecule has 0 aliphatic heterocycles. The molecule has 0 spiro atoms. The van der Waals surface area contributed by atoms with E-state index >= 15 is 0 Å². The van der Waals surface area contributed by atoms with E-state index in [1.165, 1.54) is 6.07 Å². The lowest BCUT2D eigenvalue weighted by Crippen LogP contribution is -2.02. The van der Waals surface area contributed by atoms with Crippen LogP contribution in [0.25, 0.3) is 28.7 Å². The summed E-state index contributed by atoms with van der Waals surface area (Å²) in [6.45, 7) is 7.93. The third-order valence-corrected chi connectivity index (χ3v) is 3.89. The van der Waals surface area contributed by atoms with Crippen LogP contribution in [-0.4, -0.2) is 20.2 Å². The third-order valence-electron chi connectivity index (χ3n) is 3.89. The number of aromatic nitrogens is 4. The van der Waals surface area contributed by atoms with Crippen LogP contribution in [0, 0.1) is 25.6 Å². The molecule has 0 aliphatic rings. The molecule has 3 rings (SSSR count). The van der Waals surface area contributed by atoms with E-state index in [-0.39, 0.29) is 5.82 Å². The summed E-state index contributed by atoms with van der Waals surface area (Å²) >= 11 is 0. The Balaban J connectivity index is 2.22. The Bertz CT molecular complexity index is 912. The lowest BCUT2D eigenvalue weighted by Gasteiger charge is -2.12. The molecule has 5 heteroatoms. The zero-order valence-electron chi connectivity index (χ0n) is 14.8. The topological polar surface area (TPSA) is 54.5 Å². The summed E-state index contributed by atoms with van der Waals surface area (Å²) in [5, 5.41) is 6.83. The van der Waals surface area contributed by atoms with Gasteiger partial charge in [-0.3, -0.25) is 5.10 Å². The van der Waals surface area contributed by atoms with Crippen molar-refractivity contribution in [3.05, 3.63) is 59.3 Å². The molecule has 2 aromatic heterocycles. The smallest absolute Gasteiger partial charge is 0.178 e. The average molecular weight is 336 g/mol. The first-order valence-corrected chi connectivity index (χ1v) is 8.29. The molecule has 25 heavy (non-hydrogen) atoms. The largest absolute Gasteiger partial charge is 0.275 e. The number of nitrogens with one attached hydrogen (secondary N) is 1. The minimum Gasteiger partial charge on any atom is -0.275 e. The Morgan fingerprint density at radius 3 is 2.56 bits per heavy atom. The predicted octanol–water partition coefficient (Wildman–Crippen LogP) is 4.96. The van der Waals surface area contributed by atoms with Crippen molar-refractivity contribution in [1.29, 1.82) is 0 Å². The fourth-order valence-corrected chi connectivity index (χ4v) is 2.66. The Morgan fingerprint density at radius 2 is 1.92 bits per heavy atom. The highest BCUT2D eigenvalue weighted by atomic mass is 19.1. The van der Waals surface area contributed by atoms with Gasteiger partial charge in [-0.05, 0) is 43.5 Å². The predicted molar refractivity (Wildman–Crippen MR) is 98.4 cm³/mol. The summed E-state index contributed by atoms with van der Waals surface area (Å²) in [4.78, 5) is 9.21. The number of aryl methyl sites for hydroxylation is 2. The first-order valence-electron chi connectivity index (χ1n) is 8.29. The summed E-state index contributed by atoms with van der Waals surface area (Å²) < 4.78 is 14.6. The van der Waals surface area contributed by atoms with Gasteiger partial charge in [0.2, 0.25) is 0 Å². The molecule has 1 aromatic carbocycles. The van der Waals surface area contributed by atoms with Gasteiger partial charge in [-0.1, -0.05) is 32.1 Å². The van der Waals surface area contributed by atoms with Crippen LogP contribution < -0.4 is 0 Å². The zero-order chi connectivity index (χ0) is 18.0. The van der Waals surface area contributed by atoms with Crippen molar-refractivity contribution in [3.63, 3.8) is 0 Å². The second-order valence-electron chi connectivity index (χ2n) is 6.45. The van der Waals surface area contributed by atoms with Crippen LogP contribution in [0.4, 0.5) is 4.39 Å². The number of hydrogen-bond acceptors (Lipinski definition) is 3. The summed E-state index contributed by atoms with van der Waals surface area (Å²) in [7, 11) is 0. The van der Waals surface area contributed by atoms with E-state index in [9.17, 15) is 4.39 Å². The molecule has 1 N–H and O–H groups in total. The highest BCUT2D eigenvalue weighted by Crippen LogP contribution is 2.31. The zero-order valence-corrected chi connectivity index (χ0v) is 14.8. The van der Waals surface area contributed by atoms with Crippen LogP contribution >= 0.6 is 0 Å². The Hall–Kier alpha value is -2.82. The molecule has 2 heterocycles. The first kappa shape index (κ1) is 17.0. The van der Waals surface area contributed by atoms with Crippen LogP contribution in [0.2, 0.25) is 0 Å². The second-order valence-corrected chi connectivity index (χ2v) is 6.45. The minimum absolute atomic E-state index is 0.264. The van der Waals surface area contributed by atoms with Gasteiger partial charge in [-0.25, -0.2) is 14.4 Å². The first-order chi connectivity index (χ1) is 12.0. The summed E-state index contributed by atoms with van der Waals surface area (Å²) in [6.07, 6.45) is 5.65. The molecular formula is C20H21FN4. The molecular weight excluding hydrogens is 315 g/mol. The van der Waals surface area contributed by atoms with Crippen molar-refractivity contribution < 1.29 is 4.39 Å². The van der Waals surface area contributed by atoms with Gasteiger partial charge in [0.25, 0.3) is 0 Å². The van der Waals surface area contributed by atoms with Crippen molar-refractivity contribution in [3.8, 4) is 22.6 Å².